The third-order valence-corrected chi connectivity index (χ3v) is 6.97. The van der Waals surface area contributed by atoms with Gasteiger partial charge in [0.05, 0.1) is 10.6 Å². The van der Waals surface area contributed by atoms with Gasteiger partial charge in [-0.25, -0.2) is 14.1 Å². The number of thiophene rings is 1. The van der Waals surface area contributed by atoms with Crippen molar-refractivity contribution in [3.05, 3.63) is 53.4 Å². The van der Waals surface area contributed by atoms with Crippen molar-refractivity contribution in [2.75, 3.05) is 13.1 Å². The number of nitrogens with zero attached hydrogens (tertiary/aromatic N) is 4. The van der Waals surface area contributed by atoms with E-state index in [1.54, 1.807) is 16.8 Å². The minimum Gasteiger partial charge on any atom is -0.346 e. The molecule has 1 N–H and O–H groups in total. The number of rotatable bonds is 7. The second kappa shape index (κ2) is 10.2. The highest BCUT2D eigenvalue weighted by molar-refractivity contribution is 7.13. The fourth-order valence-electron chi connectivity index (χ4n) is 4.13. The Labute approximate surface area is 196 Å². The van der Waals surface area contributed by atoms with Gasteiger partial charge in [0.2, 0.25) is 11.7 Å². The van der Waals surface area contributed by atoms with Crippen LogP contribution in [0.2, 0.25) is 0 Å². The number of hydrogen-bond donors (Lipinski definition) is 1. The van der Waals surface area contributed by atoms with E-state index in [1.807, 2.05) is 36.3 Å². The number of amides is 2. The molecule has 1 aliphatic heterocycles. The molecular formula is C24H28FN5O2S. The maximum Gasteiger partial charge on any atom is 0.291 e. The molecule has 7 nitrogen and oxygen atoms in total. The van der Waals surface area contributed by atoms with Gasteiger partial charge in [0.1, 0.15) is 5.82 Å². The number of carbonyl (C=O) groups excluding carboxylic acids is 2. The minimum absolute atomic E-state index is 0.0359. The van der Waals surface area contributed by atoms with Crippen molar-refractivity contribution in [3.63, 3.8) is 0 Å². The Hall–Kier alpha value is -3.07. The standard InChI is InChI=1S/C24H28FN5O2S/c1-3-16(4-2)24(32)29-13-11-18(12-14-29)26-23(31)21-27-22(20-6-5-15-33-20)30(28-21)19-9-7-17(25)8-10-19/h5-10,15-16,18H,3-4,11-14H2,1-2H3,(H,26,31). The van der Waals surface area contributed by atoms with E-state index in [1.165, 1.54) is 23.5 Å². The van der Waals surface area contributed by atoms with E-state index < -0.39 is 0 Å². The van der Waals surface area contributed by atoms with Gasteiger partial charge >= 0.3 is 0 Å². The molecule has 9 heteroatoms. The molecule has 0 aliphatic carbocycles. The molecule has 1 fully saturated rings. The zero-order valence-corrected chi connectivity index (χ0v) is 19.6. The number of nitrogens with one attached hydrogen (secondary N) is 1. The van der Waals surface area contributed by atoms with Gasteiger partial charge in [-0.2, -0.15) is 0 Å². The lowest BCUT2D eigenvalue weighted by molar-refractivity contribution is -0.136. The number of piperidine rings is 1. The molecule has 4 rings (SSSR count). The van der Waals surface area contributed by atoms with Crippen LogP contribution in [-0.4, -0.2) is 50.6 Å². The van der Waals surface area contributed by atoms with Gasteiger partial charge in [-0.1, -0.05) is 19.9 Å². The summed E-state index contributed by atoms with van der Waals surface area (Å²) in [5.41, 5.74) is 0.625. The molecule has 0 radical (unpaired) electrons. The zero-order valence-electron chi connectivity index (χ0n) is 18.8. The molecule has 3 aromatic rings. The molecule has 1 aromatic carbocycles. The first-order chi connectivity index (χ1) is 16.0. The van der Waals surface area contributed by atoms with Gasteiger partial charge in [-0.15, -0.1) is 16.4 Å². The Morgan fingerprint density at radius 3 is 2.45 bits per heavy atom. The van der Waals surface area contributed by atoms with Crippen LogP contribution in [0.3, 0.4) is 0 Å². The summed E-state index contributed by atoms with van der Waals surface area (Å²) in [5, 5.41) is 9.39. The van der Waals surface area contributed by atoms with Gasteiger partial charge in [0.15, 0.2) is 5.82 Å². The van der Waals surface area contributed by atoms with Gasteiger partial charge in [0, 0.05) is 25.0 Å². The number of likely N-dealkylation sites (tertiary alicyclic amines) is 1. The van der Waals surface area contributed by atoms with Crippen molar-refractivity contribution in [2.24, 2.45) is 5.92 Å². The second-order valence-electron chi connectivity index (χ2n) is 8.21. The van der Waals surface area contributed by atoms with Crippen LogP contribution in [0.5, 0.6) is 0 Å². The minimum atomic E-state index is -0.349. The summed E-state index contributed by atoms with van der Waals surface area (Å²) >= 11 is 1.49. The first-order valence-electron chi connectivity index (χ1n) is 11.4. The first kappa shape index (κ1) is 23.1. The zero-order chi connectivity index (χ0) is 23.4. The summed E-state index contributed by atoms with van der Waals surface area (Å²) in [6, 6.07) is 9.69. The first-order valence-corrected chi connectivity index (χ1v) is 12.2. The molecule has 174 valence electrons. The number of benzene rings is 1. The quantitative estimate of drug-likeness (QED) is 0.560. The van der Waals surface area contributed by atoms with Crippen molar-refractivity contribution in [1.29, 1.82) is 0 Å². The van der Waals surface area contributed by atoms with Crippen LogP contribution in [0, 0.1) is 11.7 Å². The van der Waals surface area contributed by atoms with E-state index in [0.717, 1.165) is 17.7 Å². The normalized spacial score (nSPS) is 14.6. The summed E-state index contributed by atoms with van der Waals surface area (Å²) in [6.45, 7) is 5.36. The van der Waals surface area contributed by atoms with E-state index in [-0.39, 0.29) is 35.4 Å². The maximum absolute atomic E-state index is 13.4. The topological polar surface area (TPSA) is 80.1 Å². The van der Waals surface area contributed by atoms with Crippen LogP contribution in [-0.2, 0) is 4.79 Å². The molecule has 2 amide bonds. The highest BCUT2D eigenvalue weighted by Gasteiger charge is 2.28. The van der Waals surface area contributed by atoms with Gasteiger partial charge in [-0.3, -0.25) is 9.59 Å². The highest BCUT2D eigenvalue weighted by atomic mass is 32.1. The van der Waals surface area contributed by atoms with Gasteiger partial charge in [-0.05, 0) is 61.4 Å². The van der Waals surface area contributed by atoms with Crippen molar-refractivity contribution in [1.82, 2.24) is 25.0 Å². The van der Waals surface area contributed by atoms with E-state index >= 15 is 0 Å². The Morgan fingerprint density at radius 1 is 1.15 bits per heavy atom. The highest BCUT2D eigenvalue weighted by Crippen LogP contribution is 2.26. The molecule has 0 saturated carbocycles. The molecule has 0 unspecified atom stereocenters. The molecule has 0 atom stereocenters. The number of aromatic nitrogens is 3. The van der Waals surface area contributed by atoms with Gasteiger partial charge < -0.3 is 10.2 Å². The second-order valence-corrected chi connectivity index (χ2v) is 9.16. The third-order valence-electron chi connectivity index (χ3n) is 6.10. The third kappa shape index (κ3) is 5.13. The summed E-state index contributed by atoms with van der Waals surface area (Å²) in [6.07, 6.45) is 3.10. The molecule has 1 saturated heterocycles. The molecular weight excluding hydrogens is 441 g/mol. The summed E-state index contributed by atoms with van der Waals surface area (Å²) in [4.78, 5) is 32.8. The van der Waals surface area contributed by atoms with Crippen molar-refractivity contribution < 1.29 is 14.0 Å². The Kier molecular flexibility index (Phi) is 7.17. The number of hydrogen-bond acceptors (Lipinski definition) is 5. The lowest BCUT2D eigenvalue weighted by Crippen LogP contribution is -2.48. The molecule has 0 bridgehead atoms. The molecule has 2 aromatic heterocycles. The molecule has 1 aliphatic rings. The van der Waals surface area contributed by atoms with Gasteiger partial charge in [0.25, 0.3) is 5.91 Å². The van der Waals surface area contributed by atoms with E-state index in [4.69, 9.17) is 0 Å². The lowest BCUT2D eigenvalue weighted by Gasteiger charge is -2.34. The average molecular weight is 470 g/mol. The lowest BCUT2D eigenvalue weighted by atomic mass is 9.98. The summed E-state index contributed by atoms with van der Waals surface area (Å²) in [7, 11) is 0. The van der Waals surface area contributed by atoms with Crippen molar-refractivity contribution in [2.45, 2.75) is 45.6 Å². The Balaban J connectivity index is 1.46. The predicted molar refractivity (Wildman–Crippen MR) is 126 cm³/mol. The summed E-state index contributed by atoms with van der Waals surface area (Å²) < 4.78 is 15.0. The fourth-order valence-corrected chi connectivity index (χ4v) is 4.82. The largest absolute Gasteiger partial charge is 0.346 e. The van der Waals surface area contributed by atoms with E-state index in [2.05, 4.69) is 15.4 Å². The van der Waals surface area contributed by atoms with Crippen molar-refractivity contribution in [3.8, 4) is 16.4 Å². The predicted octanol–water partition coefficient (Wildman–Crippen LogP) is 4.29. The van der Waals surface area contributed by atoms with Crippen LogP contribution in [0.25, 0.3) is 16.4 Å². The van der Waals surface area contributed by atoms with Crippen LogP contribution in [0.15, 0.2) is 41.8 Å². The van der Waals surface area contributed by atoms with E-state index in [9.17, 15) is 14.0 Å². The monoisotopic (exact) mass is 469 g/mol. The fraction of sp³-hybridized carbons (Fsp3) is 0.417. The van der Waals surface area contributed by atoms with Crippen LogP contribution in [0.4, 0.5) is 4.39 Å². The molecule has 0 spiro atoms. The average Bonchev–Trinajstić information content (AvgIpc) is 3.51. The Bertz CT molecular complexity index is 1080. The maximum atomic E-state index is 13.4. The van der Waals surface area contributed by atoms with Crippen LogP contribution in [0.1, 0.15) is 50.1 Å². The Morgan fingerprint density at radius 2 is 1.85 bits per heavy atom. The van der Waals surface area contributed by atoms with Crippen LogP contribution >= 0.6 is 11.3 Å². The number of halogens is 1. The number of carbonyl (C=O) groups is 2. The molecule has 3 heterocycles. The molecule has 33 heavy (non-hydrogen) atoms. The van der Waals surface area contributed by atoms with Crippen molar-refractivity contribution >= 4 is 23.2 Å². The summed E-state index contributed by atoms with van der Waals surface area (Å²) in [5.74, 6) is 0.198. The van der Waals surface area contributed by atoms with Crippen LogP contribution < -0.4 is 5.32 Å². The SMILES string of the molecule is CCC(CC)C(=O)N1CCC(NC(=O)c2nc(-c3cccs3)n(-c3ccc(F)cc3)n2)CC1. The van der Waals surface area contributed by atoms with E-state index in [0.29, 0.717) is 37.4 Å². The smallest absolute Gasteiger partial charge is 0.291 e.